The van der Waals surface area contributed by atoms with E-state index in [2.05, 4.69) is 13.8 Å². The van der Waals surface area contributed by atoms with E-state index in [1.165, 1.54) is 82.4 Å². The predicted octanol–water partition coefficient (Wildman–Crippen LogP) is 7.76. The topological polar surface area (TPSA) is 107 Å². The van der Waals surface area contributed by atoms with Crippen molar-refractivity contribution in [2.24, 2.45) is 0 Å². The van der Waals surface area contributed by atoms with Gasteiger partial charge in [-0.25, -0.2) is 0 Å². The maximum atomic E-state index is 13.0. The van der Waals surface area contributed by atoms with Crippen LogP contribution in [0.1, 0.15) is 136 Å². The molecule has 0 bridgehead atoms. The van der Waals surface area contributed by atoms with E-state index in [1.807, 2.05) is 0 Å². The molecule has 2 aliphatic carbocycles. The zero-order valence-electron chi connectivity index (χ0n) is 26.6. The Morgan fingerprint density at radius 3 is 1.42 bits per heavy atom. The molecule has 0 aromatic carbocycles. The molecule has 0 saturated carbocycles. The Kier molecular flexibility index (Phi) is 18.5. The molecule has 240 valence electrons. The van der Waals surface area contributed by atoms with E-state index in [0.717, 1.165) is 44.6 Å². The van der Waals surface area contributed by atoms with E-state index in [4.69, 9.17) is 9.47 Å². The Balaban J connectivity index is 1.63. The summed E-state index contributed by atoms with van der Waals surface area (Å²) in [4.78, 5) is 50.3. The van der Waals surface area contributed by atoms with Gasteiger partial charge in [0.15, 0.2) is 23.1 Å². The van der Waals surface area contributed by atoms with Crippen molar-refractivity contribution in [3.63, 3.8) is 0 Å². The maximum Gasteiger partial charge on any atom is 0.224 e. The summed E-state index contributed by atoms with van der Waals surface area (Å²) in [5.41, 5.74) is 0.224. The third kappa shape index (κ3) is 15.0. The van der Waals surface area contributed by atoms with Crippen LogP contribution in [0.15, 0.2) is 47.0 Å². The molecule has 0 spiro atoms. The fourth-order valence-corrected chi connectivity index (χ4v) is 5.35. The third-order valence-electron chi connectivity index (χ3n) is 7.93. The molecule has 0 aromatic rings. The highest BCUT2D eigenvalue weighted by Crippen LogP contribution is 2.26. The summed E-state index contributed by atoms with van der Waals surface area (Å²) in [7, 11) is 0. The Labute approximate surface area is 258 Å². The van der Waals surface area contributed by atoms with Crippen molar-refractivity contribution < 1.29 is 33.8 Å². The smallest absolute Gasteiger partial charge is 0.224 e. The average Bonchev–Trinajstić information content (AvgIpc) is 2.98. The van der Waals surface area contributed by atoms with Crippen molar-refractivity contribution in [3.8, 4) is 0 Å². The van der Waals surface area contributed by atoms with Gasteiger partial charge in [-0.05, 0) is 37.8 Å². The first-order chi connectivity index (χ1) is 20.8. The van der Waals surface area contributed by atoms with Crippen LogP contribution in [0.4, 0.5) is 0 Å². The summed E-state index contributed by atoms with van der Waals surface area (Å²) in [6, 6.07) is 0. The van der Waals surface area contributed by atoms with E-state index >= 15 is 0 Å². The zero-order chi connectivity index (χ0) is 31.3. The molecule has 2 rings (SSSR count). The molecule has 0 amide bonds. The second-order valence-corrected chi connectivity index (χ2v) is 11.9. The number of hydrogen-bond donors (Lipinski definition) is 1. The molecule has 0 fully saturated rings. The lowest BCUT2D eigenvalue weighted by atomic mass is 9.90. The molecule has 7 nitrogen and oxygen atoms in total. The third-order valence-corrected chi connectivity index (χ3v) is 7.93. The minimum Gasteiger partial charge on any atom is -0.489 e. The number of allylic oxidation sites excluding steroid dienone is 6. The summed E-state index contributed by atoms with van der Waals surface area (Å²) in [6.07, 6.45) is 24.1. The van der Waals surface area contributed by atoms with Crippen LogP contribution in [0.3, 0.4) is 0 Å². The lowest BCUT2D eigenvalue weighted by molar-refractivity contribution is -0.119. The van der Waals surface area contributed by atoms with Gasteiger partial charge in [0, 0.05) is 29.7 Å². The molecule has 0 saturated heterocycles. The molecule has 1 atom stereocenters. The molecule has 2 aliphatic rings. The first kappa shape index (κ1) is 36.4. The number of carbonyl (C=O) groups excluding carboxylic acids is 4. The highest BCUT2D eigenvalue weighted by atomic mass is 16.5. The van der Waals surface area contributed by atoms with Crippen molar-refractivity contribution in [2.75, 3.05) is 13.2 Å². The van der Waals surface area contributed by atoms with E-state index in [-0.39, 0.29) is 41.5 Å². The summed E-state index contributed by atoms with van der Waals surface area (Å²) < 4.78 is 11.2. The van der Waals surface area contributed by atoms with Crippen LogP contribution in [0.25, 0.3) is 0 Å². The standard InChI is InChI=1S/C36H54O7/c1-3-5-7-8-9-10-11-12-13-14-15-16-19-30(37)20-18-22-43-34-27-32(39)25-29(36(34)41)23-28-24-31(38)26-33(35(28)40)42-21-17-6-4-2/h24-27,30,37H,3-23H2,1-2H3. The Hall–Kier alpha value is -2.80. The largest absolute Gasteiger partial charge is 0.489 e. The number of rotatable bonds is 25. The van der Waals surface area contributed by atoms with Gasteiger partial charge in [-0.3, -0.25) is 19.2 Å². The van der Waals surface area contributed by atoms with Crippen LogP contribution in [0.5, 0.6) is 0 Å². The normalized spacial score (nSPS) is 16.1. The number of ketones is 4. The quantitative estimate of drug-likeness (QED) is 0.0845. The maximum absolute atomic E-state index is 13.0. The van der Waals surface area contributed by atoms with E-state index < -0.39 is 23.5 Å². The van der Waals surface area contributed by atoms with Crippen LogP contribution in [0, 0.1) is 0 Å². The molecule has 1 N–H and O–H groups in total. The molecule has 43 heavy (non-hydrogen) atoms. The lowest BCUT2D eigenvalue weighted by Gasteiger charge is -2.18. The molecule has 0 aromatic heterocycles. The van der Waals surface area contributed by atoms with E-state index in [0.29, 0.717) is 19.4 Å². The van der Waals surface area contributed by atoms with Gasteiger partial charge in [0.1, 0.15) is 0 Å². The first-order valence-electron chi connectivity index (χ1n) is 16.8. The van der Waals surface area contributed by atoms with Gasteiger partial charge in [0.2, 0.25) is 11.6 Å². The fourth-order valence-electron chi connectivity index (χ4n) is 5.35. The molecular weight excluding hydrogens is 544 g/mol. The number of Topliss-reactive ketones (excluding diaryl/α,β-unsaturated/α-hetero) is 2. The van der Waals surface area contributed by atoms with Crippen molar-refractivity contribution in [1.82, 2.24) is 0 Å². The molecule has 1 unspecified atom stereocenters. The van der Waals surface area contributed by atoms with Gasteiger partial charge >= 0.3 is 0 Å². The van der Waals surface area contributed by atoms with Crippen molar-refractivity contribution in [2.45, 2.75) is 142 Å². The second-order valence-electron chi connectivity index (χ2n) is 11.9. The number of aliphatic hydroxyl groups excluding tert-OH is 1. The lowest BCUT2D eigenvalue weighted by Crippen LogP contribution is -2.22. The van der Waals surface area contributed by atoms with Crippen molar-refractivity contribution in [3.05, 3.63) is 47.0 Å². The summed E-state index contributed by atoms with van der Waals surface area (Å²) in [5, 5.41) is 10.3. The van der Waals surface area contributed by atoms with Crippen molar-refractivity contribution in [1.29, 1.82) is 0 Å². The summed E-state index contributed by atoms with van der Waals surface area (Å²) in [6.45, 7) is 4.84. The van der Waals surface area contributed by atoms with Crippen LogP contribution >= 0.6 is 0 Å². The number of unbranched alkanes of at least 4 members (excludes halogenated alkanes) is 13. The Morgan fingerprint density at radius 1 is 0.535 bits per heavy atom. The van der Waals surface area contributed by atoms with Crippen LogP contribution < -0.4 is 0 Å². The van der Waals surface area contributed by atoms with Crippen LogP contribution in [-0.4, -0.2) is 47.6 Å². The predicted molar refractivity (Wildman–Crippen MR) is 169 cm³/mol. The number of aliphatic hydroxyl groups is 1. The Morgan fingerprint density at radius 2 is 0.930 bits per heavy atom. The molecular formula is C36H54O7. The second kappa shape index (κ2) is 21.8. The fraction of sp³-hybridized carbons (Fsp3) is 0.667. The van der Waals surface area contributed by atoms with Crippen molar-refractivity contribution >= 4 is 23.1 Å². The average molecular weight is 599 g/mol. The highest BCUT2D eigenvalue weighted by Gasteiger charge is 2.29. The van der Waals surface area contributed by atoms with Gasteiger partial charge in [-0.1, -0.05) is 104 Å². The van der Waals surface area contributed by atoms with Gasteiger partial charge in [0.05, 0.1) is 19.3 Å². The van der Waals surface area contributed by atoms with Gasteiger partial charge in [-0.2, -0.15) is 0 Å². The van der Waals surface area contributed by atoms with Gasteiger partial charge in [-0.15, -0.1) is 0 Å². The molecule has 7 heteroatoms. The highest BCUT2D eigenvalue weighted by molar-refractivity contribution is 6.22. The molecule has 0 radical (unpaired) electrons. The van der Waals surface area contributed by atoms with Crippen LogP contribution in [0.2, 0.25) is 0 Å². The monoisotopic (exact) mass is 598 g/mol. The number of ether oxygens (including phenoxy) is 2. The Bertz CT molecular complexity index is 1030. The van der Waals surface area contributed by atoms with E-state index in [9.17, 15) is 24.3 Å². The summed E-state index contributed by atoms with van der Waals surface area (Å²) in [5.74, 6) is -1.81. The first-order valence-corrected chi connectivity index (χ1v) is 16.8. The van der Waals surface area contributed by atoms with Gasteiger partial charge < -0.3 is 14.6 Å². The number of hydrogen-bond acceptors (Lipinski definition) is 7. The minimum absolute atomic E-state index is 0.0251. The molecule has 0 aliphatic heterocycles. The number of carbonyl (C=O) groups is 4. The minimum atomic E-state index is -0.474. The zero-order valence-corrected chi connectivity index (χ0v) is 26.6. The van der Waals surface area contributed by atoms with Crippen LogP contribution in [-0.2, 0) is 28.7 Å². The van der Waals surface area contributed by atoms with E-state index in [1.54, 1.807) is 0 Å². The summed E-state index contributed by atoms with van der Waals surface area (Å²) >= 11 is 0. The molecule has 0 heterocycles. The van der Waals surface area contributed by atoms with Gasteiger partial charge in [0.25, 0.3) is 0 Å². The SMILES string of the molecule is CCCCCCCCCCCCCCC(O)CCCOC1=CC(=O)C=C(CC2=CC(=O)C=C(OCCCCC)C2=O)C1=O.